The fourth-order valence-corrected chi connectivity index (χ4v) is 1.41. The highest BCUT2D eigenvalue weighted by molar-refractivity contribution is 5.93. The first-order valence-corrected chi connectivity index (χ1v) is 5.25. The second-order valence-corrected chi connectivity index (χ2v) is 4.79. The average molecular weight is 225 g/mol. The van der Waals surface area contributed by atoms with Gasteiger partial charge in [0.05, 0.1) is 17.9 Å². The molecule has 1 aromatic heterocycles. The first-order chi connectivity index (χ1) is 7.45. The third-order valence-electron chi connectivity index (χ3n) is 2.46. The molecule has 1 rings (SSSR count). The van der Waals surface area contributed by atoms with E-state index in [2.05, 4.69) is 36.3 Å². The van der Waals surface area contributed by atoms with Gasteiger partial charge >= 0.3 is 0 Å². The van der Waals surface area contributed by atoms with Gasteiger partial charge < -0.3 is 10.1 Å². The van der Waals surface area contributed by atoms with E-state index in [9.17, 15) is 4.79 Å². The summed E-state index contributed by atoms with van der Waals surface area (Å²) in [5, 5.41) is 9.14. The van der Waals surface area contributed by atoms with Gasteiger partial charge in [0.2, 0.25) is 0 Å². The SMILES string of the molecule is CO[C@@H](CNC(=O)c1cn[nH]c1)C(C)(C)C. The van der Waals surface area contributed by atoms with Crippen LogP contribution in [0, 0.1) is 5.41 Å². The predicted octanol–water partition coefficient (Wildman–Crippen LogP) is 1.20. The Morgan fingerprint density at radius 3 is 2.75 bits per heavy atom. The van der Waals surface area contributed by atoms with Crippen molar-refractivity contribution in [3.63, 3.8) is 0 Å². The molecule has 90 valence electrons. The van der Waals surface area contributed by atoms with Crippen molar-refractivity contribution in [2.45, 2.75) is 26.9 Å². The zero-order chi connectivity index (χ0) is 12.2. The maximum Gasteiger partial charge on any atom is 0.254 e. The fraction of sp³-hybridized carbons (Fsp3) is 0.636. The average Bonchev–Trinajstić information content (AvgIpc) is 2.68. The minimum absolute atomic E-state index is 0.00156. The molecule has 2 N–H and O–H groups in total. The van der Waals surface area contributed by atoms with Crippen LogP contribution in [0.25, 0.3) is 0 Å². The van der Waals surface area contributed by atoms with Crippen LogP contribution in [-0.4, -0.2) is 35.9 Å². The lowest BCUT2D eigenvalue weighted by Gasteiger charge is -2.29. The molecule has 0 aliphatic rings. The quantitative estimate of drug-likeness (QED) is 0.809. The van der Waals surface area contributed by atoms with Crippen molar-refractivity contribution in [2.75, 3.05) is 13.7 Å². The van der Waals surface area contributed by atoms with Gasteiger partial charge in [-0.25, -0.2) is 0 Å². The Morgan fingerprint density at radius 2 is 2.31 bits per heavy atom. The van der Waals surface area contributed by atoms with Crippen molar-refractivity contribution in [1.29, 1.82) is 0 Å². The second-order valence-electron chi connectivity index (χ2n) is 4.79. The molecule has 0 saturated heterocycles. The van der Waals surface area contributed by atoms with Crippen LogP contribution in [0.15, 0.2) is 12.4 Å². The summed E-state index contributed by atoms with van der Waals surface area (Å²) in [6, 6.07) is 0. The lowest BCUT2D eigenvalue weighted by molar-refractivity contribution is 0.0176. The van der Waals surface area contributed by atoms with Crippen molar-refractivity contribution in [3.05, 3.63) is 18.0 Å². The first kappa shape index (κ1) is 12.7. The molecule has 1 aromatic rings. The number of methoxy groups -OCH3 is 1. The molecule has 1 atom stereocenters. The minimum atomic E-state index is -0.139. The summed E-state index contributed by atoms with van der Waals surface area (Å²) in [6.45, 7) is 6.71. The van der Waals surface area contributed by atoms with Gasteiger partial charge in [-0.05, 0) is 5.41 Å². The zero-order valence-corrected chi connectivity index (χ0v) is 10.2. The van der Waals surface area contributed by atoms with Gasteiger partial charge in [0.25, 0.3) is 5.91 Å². The third kappa shape index (κ3) is 3.34. The Balaban J connectivity index is 2.48. The highest BCUT2D eigenvalue weighted by Gasteiger charge is 2.24. The molecule has 16 heavy (non-hydrogen) atoms. The maximum atomic E-state index is 11.6. The number of rotatable bonds is 4. The van der Waals surface area contributed by atoms with Crippen LogP contribution in [0.3, 0.4) is 0 Å². The van der Waals surface area contributed by atoms with E-state index >= 15 is 0 Å². The number of nitrogens with zero attached hydrogens (tertiary/aromatic N) is 1. The molecule has 0 saturated carbocycles. The highest BCUT2D eigenvalue weighted by atomic mass is 16.5. The molecular weight excluding hydrogens is 206 g/mol. The van der Waals surface area contributed by atoms with Crippen LogP contribution < -0.4 is 5.32 Å². The van der Waals surface area contributed by atoms with E-state index < -0.39 is 0 Å². The standard InChI is InChI=1S/C11H19N3O2/c1-11(2,3)9(16-4)7-12-10(15)8-5-13-14-6-8/h5-6,9H,7H2,1-4H3,(H,12,15)(H,13,14)/t9-/m0/s1. The number of H-pyrrole nitrogens is 1. The largest absolute Gasteiger partial charge is 0.379 e. The van der Waals surface area contributed by atoms with E-state index in [-0.39, 0.29) is 17.4 Å². The molecule has 5 heteroatoms. The third-order valence-corrected chi connectivity index (χ3v) is 2.46. The molecule has 5 nitrogen and oxygen atoms in total. The predicted molar refractivity (Wildman–Crippen MR) is 61.2 cm³/mol. The molecule has 0 bridgehead atoms. The van der Waals surface area contributed by atoms with Crippen LogP contribution in [0.4, 0.5) is 0 Å². The van der Waals surface area contributed by atoms with Crippen LogP contribution in [0.5, 0.6) is 0 Å². The summed E-state index contributed by atoms with van der Waals surface area (Å²) in [5.41, 5.74) is 0.530. The molecule has 1 heterocycles. The van der Waals surface area contributed by atoms with E-state index in [4.69, 9.17) is 4.74 Å². The van der Waals surface area contributed by atoms with Gasteiger partial charge in [0.1, 0.15) is 0 Å². The van der Waals surface area contributed by atoms with Crippen LogP contribution in [-0.2, 0) is 4.74 Å². The number of aromatic nitrogens is 2. The normalized spacial score (nSPS) is 13.5. The van der Waals surface area contributed by atoms with Gasteiger partial charge in [-0.2, -0.15) is 5.10 Å². The number of carbonyl (C=O) groups is 1. The van der Waals surface area contributed by atoms with Gasteiger partial charge in [-0.1, -0.05) is 20.8 Å². The molecular formula is C11H19N3O2. The first-order valence-electron chi connectivity index (χ1n) is 5.25. The molecule has 0 aliphatic heterocycles. The van der Waals surface area contributed by atoms with Gasteiger partial charge in [-0.15, -0.1) is 0 Å². The number of carbonyl (C=O) groups excluding carboxylic acids is 1. The molecule has 0 unspecified atom stereocenters. The van der Waals surface area contributed by atoms with Crippen molar-refractivity contribution in [2.24, 2.45) is 5.41 Å². The molecule has 1 amide bonds. The zero-order valence-electron chi connectivity index (χ0n) is 10.2. The van der Waals surface area contributed by atoms with Crippen molar-refractivity contribution in [3.8, 4) is 0 Å². The maximum absolute atomic E-state index is 11.6. The number of amides is 1. The van der Waals surface area contributed by atoms with Gasteiger partial charge in [0, 0.05) is 19.9 Å². The van der Waals surface area contributed by atoms with E-state index in [1.54, 1.807) is 13.3 Å². The minimum Gasteiger partial charge on any atom is -0.379 e. The van der Waals surface area contributed by atoms with E-state index in [0.29, 0.717) is 12.1 Å². The smallest absolute Gasteiger partial charge is 0.254 e. The number of nitrogens with one attached hydrogen (secondary N) is 2. The highest BCUT2D eigenvalue weighted by Crippen LogP contribution is 2.20. The molecule has 0 aliphatic carbocycles. The molecule has 0 fully saturated rings. The Bertz CT molecular complexity index is 327. The van der Waals surface area contributed by atoms with E-state index in [0.717, 1.165) is 0 Å². The van der Waals surface area contributed by atoms with E-state index in [1.165, 1.54) is 6.20 Å². The summed E-state index contributed by atoms with van der Waals surface area (Å²) in [7, 11) is 1.65. The van der Waals surface area contributed by atoms with Crippen molar-refractivity contribution in [1.82, 2.24) is 15.5 Å². The Labute approximate surface area is 95.6 Å². The molecule has 0 aromatic carbocycles. The summed E-state index contributed by atoms with van der Waals surface area (Å²) in [4.78, 5) is 11.6. The summed E-state index contributed by atoms with van der Waals surface area (Å²) >= 11 is 0. The van der Waals surface area contributed by atoms with Crippen LogP contribution in [0.2, 0.25) is 0 Å². The second kappa shape index (κ2) is 5.12. The van der Waals surface area contributed by atoms with Crippen molar-refractivity contribution < 1.29 is 9.53 Å². The number of hydrogen-bond donors (Lipinski definition) is 2. The topological polar surface area (TPSA) is 67.0 Å². The molecule has 0 radical (unpaired) electrons. The lowest BCUT2D eigenvalue weighted by atomic mass is 9.89. The summed E-state index contributed by atoms with van der Waals surface area (Å²) in [6.07, 6.45) is 3.05. The fourth-order valence-electron chi connectivity index (χ4n) is 1.41. The Kier molecular flexibility index (Phi) is 4.06. The lowest BCUT2D eigenvalue weighted by Crippen LogP contribution is -2.40. The van der Waals surface area contributed by atoms with E-state index in [1.807, 2.05) is 0 Å². The number of aromatic amines is 1. The Morgan fingerprint density at radius 1 is 1.62 bits per heavy atom. The summed E-state index contributed by atoms with van der Waals surface area (Å²) in [5.74, 6) is -0.139. The summed E-state index contributed by atoms with van der Waals surface area (Å²) < 4.78 is 5.34. The number of ether oxygens (including phenoxy) is 1. The van der Waals surface area contributed by atoms with Gasteiger partial charge in [0.15, 0.2) is 0 Å². The monoisotopic (exact) mass is 225 g/mol. The Hall–Kier alpha value is -1.36. The van der Waals surface area contributed by atoms with Gasteiger partial charge in [-0.3, -0.25) is 9.89 Å². The van der Waals surface area contributed by atoms with Crippen LogP contribution >= 0.6 is 0 Å². The number of hydrogen-bond acceptors (Lipinski definition) is 3. The van der Waals surface area contributed by atoms with Crippen LogP contribution in [0.1, 0.15) is 31.1 Å². The van der Waals surface area contributed by atoms with Crippen molar-refractivity contribution >= 4 is 5.91 Å². The molecule has 0 spiro atoms.